The fourth-order valence-corrected chi connectivity index (χ4v) is 2.46. The van der Waals surface area contributed by atoms with Crippen molar-refractivity contribution in [2.45, 2.75) is 13.3 Å². The third-order valence-corrected chi connectivity index (χ3v) is 3.73. The lowest BCUT2D eigenvalue weighted by molar-refractivity contribution is 0.0699. The Morgan fingerprint density at radius 1 is 1.09 bits per heavy atom. The minimum Gasteiger partial charge on any atom is -0.478 e. The summed E-state index contributed by atoms with van der Waals surface area (Å²) in [5.41, 5.74) is 4.35. The molecule has 5 heteroatoms. The van der Waals surface area contributed by atoms with Crippen LogP contribution < -0.4 is 0 Å². The van der Waals surface area contributed by atoms with Crippen LogP contribution in [0.25, 0.3) is 22.1 Å². The number of hydrogen-bond acceptors (Lipinski definition) is 4. The fraction of sp³-hybridized carbons (Fsp3) is 0.167. The number of aliphatic hydroxyl groups excluding tert-OH is 1. The van der Waals surface area contributed by atoms with Crippen LogP contribution in [0.3, 0.4) is 0 Å². The number of allylic oxidation sites excluding steroid dienone is 1. The number of carboxylic acids is 1. The zero-order valence-corrected chi connectivity index (χ0v) is 12.7. The van der Waals surface area contributed by atoms with Gasteiger partial charge in [0, 0.05) is 0 Å². The van der Waals surface area contributed by atoms with Crippen LogP contribution in [-0.4, -0.2) is 32.8 Å². The second-order valence-corrected chi connectivity index (χ2v) is 5.40. The monoisotopic (exact) mass is 308 g/mol. The molecule has 116 valence electrons. The van der Waals surface area contributed by atoms with Crippen LogP contribution in [0, 0.1) is 0 Å². The molecule has 5 nitrogen and oxygen atoms in total. The lowest BCUT2D eigenvalue weighted by atomic mass is 10.1. The summed E-state index contributed by atoms with van der Waals surface area (Å²) in [6.07, 6.45) is 2.54. The van der Waals surface area contributed by atoms with Gasteiger partial charge in [0.15, 0.2) is 0 Å². The van der Waals surface area contributed by atoms with Crippen LogP contribution in [0.1, 0.15) is 22.8 Å². The highest BCUT2D eigenvalue weighted by molar-refractivity contribution is 6.02. The van der Waals surface area contributed by atoms with E-state index in [9.17, 15) is 9.90 Å². The number of aliphatic hydroxyl groups is 1. The summed E-state index contributed by atoms with van der Waals surface area (Å²) in [5.74, 6) is -1.02. The maximum atomic E-state index is 11.4. The van der Waals surface area contributed by atoms with Crippen molar-refractivity contribution in [3.05, 3.63) is 59.2 Å². The van der Waals surface area contributed by atoms with E-state index >= 15 is 0 Å². The number of para-hydroxylation sites is 2. The zero-order chi connectivity index (χ0) is 16.4. The van der Waals surface area contributed by atoms with Gasteiger partial charge in [-0.15, -0.1) is 0 Å². The first kappa shape index (κ1) is 15.1. The van der Waals surface area contributed by atoms with Crippen molar-refractivity contribution in [1.29, 1.82) is 0 Å². The number of hydrogen-bond donors (Lipinski definition) is 2. The molecule has 0 saturated heterocycles. The van der Waals surface area contributed by atoms with E-state index in [0.717, 1.165) is 16.7 Å². The standard InChI is InChI=1S/C18H16N2O3/c1-11(10-21)8-9-12-4-2-6-14-16(12)20-17-13(18(22)23)5-3-7-15(17)19-14/h2-8,21H,9-10H2,1H3,(H,22,23). The predicted octanol–water partition coefficient (Wildman–Crippen LogP) is 2.96. The van der Waals surface area contributed by atoms with Crippen molar-refractivity contribution in [1.82, 2.24) is 9.97 Å². The van der Waals surface area contributed by atoms with Crippen LogP contribution >= 0.6 is 0 Å². The van der Waals surface area contributed by atoms with Crippen molar-refractivity contribution in [2.75, 3.05) is 6.61 Å². The van der Waals surface area contributed by atoms with Gasteiger partial charge in [0.05, 0.1) is 28.7 Å². The van der Waals surface area contributed by atoms with Crippen molar-refractivity contribution in [3.63, 3.8) is 0 Å². The Labute approximate surface area is 132 Å². The molecule has 0 amide bonds. The molecule has 2 N–H and O–H groups in total. The molecule has 0 aliphatic carbocycles. The largest absolute Gasteiger partial charge is 0.478 e. The van der Waals surface area contributed by atoms with Crippen LogP contribution in [0.4, 0.5) is 0 Å². The average molecular weight is 308 g/mol. The van der Waals surface area contributed by atoms with E-state index in [1.54, 1.807) is 12.1 Å². The van der Waals surface area contributed by atoms with Crippen LogP contribution in [-0.2, 0) is 6.42 Å². The predicted molar refractivity (Wildman–Crippen MR) is 88.6 cm³/mol. The Morgan fingerprint density at radius 2 is 1.78 bits per heavy atom. The van der Waals surface area contributed by atoms with Crippen molar-refractivity contribution < 1.29 is 15.0 Å². The topological polar surface area (TPSA) is 83.3 Å². The van der Waals surface area contributed by atoms with E-state index in [-0.39, 0.29) is 12.2 Å². The molecular formula is C18H16N2O3. The molecule has 3 aromatic rings. The summed E-state index contributed by atoms with van der Waals surface area (Å²) in [6.45, 7) is 1.87. The number of benzene rings is 2. The van der Waals surface area contributed by atoms with Gasteiger partial charge in [-0.1, -0.05) is 29.8 Å². The van der Waals surface area contributed by atoms with Gasteiger partial charge in [0.2, 0.25) is 0 Å². The molecule has 0 spiro atoms. The smallest absolute Gasteiger partial charge is 0.337 e. The van der Waals surface area contributed by atoms with Gasteiger partial charge in [0.25, 0.3) is 0 Å². The quantitative estimate of drug-likeness (QED) is 0.572. The normalized spacial score (nSPS) is 12.0. The van der Waals surface area contributed by atoms with E-state index in [1.807, 2.05) is 31.2 Å². The van der Waals surface area contributed by atoms with Gasteiger partial charge >= 0.3 is 5.97 Å². The molecule has 0 saturated carbocycles. The van der Waals surface area contributed by atoms with E-state index < -0.39 is 5.97 Å². The number of nitrogens with zero attached hydrogens (tertiary/aromatic N) is 2. The Hall–Kier alpha value is -2.79. The molecule has 0 bridgehead atoms. The first-order valence-corrected chi connectivity index (χ1v) is 7.28. The molecule has 0 aliphatic heterocycles. The average Bonchev–Trinajstić information content (AvgIpc) is 2.57. The van der Waals surface area contributed by atoms with Crippen molar-refractivity contribution in [2.24, 2.45) is 0 Å². The minimum absolute atomic E-state index is 0.0164. The van der Waals surface area contributed by atoms with Gasteiger partial charge in [-0.25, -0.2) is 14.8 Å². The number of carbonyl (C=O) groups is 1. The highest BCUT2D eigenvalue weighted by atomic mass is 16.4. The molecule has 2 aromatic carbocycles. The van der Waals surface area contributed by atoms with Gasteiger partial charge in [0.1, 0.15) is 5.52 Å². The molecule has 23 heavy (non-hydrogen) atoms. The summed E-state index contributed by atoms with van der Waals surface area (Å²) in [7, 11) is 0. The third-order valence-electron chi connectivity index (χ3n) is 3.73. The highest BCUT2D eigenvalue weighted by Crippen LogP contribution is 2.22. The summed E-state index contributed by atoms with van der Waals surface area (Å²) < 4.78 is 0. The summed E-state index contributed by atoms with van der Waals surface area (Å²) in [4.78, 5) is 20.5. The maximum Gasteiger partial charge on any atom is 0.337 e. The molecule has 0 radical (unpaired) electrons. The number of fused-ring (bicyclic) bond motifs is 2. The van der Waals surface area contributed by atoms with E-state index in [0.29, 0.717) is 23.0 Å². The van der Waals surface area contributed by atoms with Gasteiger partial charge in [-0.05, 0) is 37.1 Å². The number of aromatic carboxylic acids is 1. The molecule has 0 fully saturated rings. The molecule has 0 atom stereocenters. The lowest BCUT2D eigenvalue weighted by Crippen LogP contribution is -2.01. The second-order valence-electron chi connectivity index (χ2n) is 5.40. The zero-order valence-electron chi connectivity index (χ0n) is 12.7. The fourth-order valence-electron chi connectivity index (χ4n) is 2.46. The van der Waals surface area contributed by atoms with Gasteiger partial charge in [-0.2, -0.15) is 0 Å². The SMILES string of the molecule is CC(=CCc1cccc2nc3cccc(C(=O)O)c3nc12)CO. The Bertz CT molecular complexity index is 932. The molecular weight excluding hydrogens is 292 g/mol. The first-order chi connectivity index (χ1) is 11.1. The maximum absolute atomic E-state index is 11.4. The van der Waals surface area contributed by atoms with E-state index in [1.165, 1.54) is 6.07 Å². The molecule has 1 aromatic heterocycles. The van der Waals surface area contributed by atoms with E-state index in [2.05, 4.69) is 9.97 Å². The molecule has 0 aliphatic rings. The van der Waals surface area contributed by atoms with Gasteiger partial charge in [-0.3, -0.25) is 0 Å². The second kappa shape index (κ2) is 6.14. The summed E-state index contributed by atoms with van der Waals surface area (Å²) >= 11 is 0. The first-order valence-electron chi connectivity index (χ1n) is 7.28. The van der Waals surface area contributed by atoms with Crippen LogP contribution in [0.5, 0.6) is 0 Å². The molecule has 3 rings (SSSR count). The molecule has 1 heterocycles. The lowest BCUT2D eigenvalue weighted by Gasteiger charge is -2.07. The van der Waals surface area contributed by atoms with Gasteiger partial charge < -0.3 is 10.2 Å². The van der Waals surface area contributed by atoms with Crippen LogP contribution in [0.2, 0.25) is 0 Å². The van der Waals surface area contributed by atoms with Crippen molar-refractivity contribution in [3.8, 4) is 0 Å². The Balaban J connectivity index is 2.23. The third kappa shape index (κ3) is 2.91. The summed E-state index contributed by atoms with van der Waals surface area (Å²) in [5, 5.41) is 18.4. The number of carboxylic acid groups (broad SMARTS) is 1. The number of rotatable bonds is 4. The Morgan fingerprint density at radius 3 is 2.48 bits per heavy atom. The molecule has 0 unspecified atom stereocenters. The van der Waals surface area contributed by atoms with E-state index in [4.69, 9.17) is 5.11 Å². The minimum atomic E-state index is -1.02. The van der Waals surface area contributed by atoms with Crippen LogP contribution in [0.15, 0.2) is 48.0 Å². The highest BCUT2D eigenvalue weighted by Gasteiger charge is 2.12. The van der Waals surface area contributed by atoms with Crippen molar-refractivity contribution >= 4 is 28.0 Å². The summed E-state index contributed by atoms with van der Waals surface area (Å²) in [6, 6.07) is 10.7. The Kier molecular flexibility index (Phi) is 4.04. The number of aromatic nitrogens is 2.